The Balaban J connectivity index is 2.52. The SMILES string of the molecule is COc1ccc(Cl)cc1C(Br)c1cccc(C)c1Br. The van der Waals surface area contributed by atoms with Crippen LogP contribution in [-0.2, 0) is 0 Å². The van der Waals surface area contributed by atoms with Crippen molar-refractivity contribution in [1.82, 2.24) is 0 Å². The summed E-state index contributed by atoms with van der Waals surface area (Å²) in [6, 6.07) is 11.8. The number of hydrogen-bond acceptors (Lipinski definition) is 1. The van der Waals surface area contributed by atoms with E-state index in [-0.39, 0.29) is 4.83 Å². The second kappa shape index (κ2) is 6.29. The van der Waals surface area contributed by atoms with Crippen LogP contribution < -0.4 is 4.74 Å². The minimum absolute atomic E-state index is 0.0235. The van der Waals surface area contributed by atoms with Crippen molar-refractivity contribution in [3.05, 3.63) is 62.6 Å². The normalized spacial score (nSPS) is 12.3. The number of rotatable bonds is 3. The van der Waals surface area contributed by atoms with Crippen molar-refractivity contribution >= 4 is 43.5 Å². The van der Waals surface area contributed by atoms with Crippen molar-refractivity contribution in [2.45, 2.75) is 11.8 Å². The fourth-order valence-corrected chi connectivity index (χ4v) is 3.66. The zero-order valence-corrected chi connectivity index (χ0v) is 14.5. The maximum Gasteiger partial charge on any atom is 0.123 e. The van der Waals surface area contributed by atoms with Crippen molar-refractivity contribution in [2.24, 2.45) is 0 Å². The molecular formula is C15H13Br2ClO. The molecule has 0 heterocycles. The second-order valence-corrected chi connectivity index (χ2v) is 6.37. The molecule has 1 atom stereocenters. The molecule has 0 aliphatic rings. The molecule has 0 aromatic heterocycles. The molecule has 0 saturated carbocycles. The van der Waals surface area contributed by atoms with Crippen LogP contribution in [-0.4, -0.2) is 7.11 Å². The standard InChI is InChI=1S/C15H13Br2ClO/c1-9-4-3-5-11(14(9)16)15(17)12-8-10(18)6-7-13(12)19-2/h3-8,15H,1-2H3. The van der Waals surface area contributed by atoms with Crippen molar-refractivity contribution in [3.63, 3.8) is 0 Å². The molecule has 100 valence electrons. The van der Waals surface area contributed by atoms with Crippen LogP contribution in [0.25, 0.3) is 0 Å². The lowest BCUT2D eigenvalue weighted by atomic mass is 10.0. The van der Waals surface area contributed by atoms with Gasteiger partial charge in [-0.3, -0.25) is 0 Å². The quantitative estimate of drug-likeness (QED) is 0.579. The molecule has 0 fully saturated rings. The minimum atomic E-state index is 0.0235. The number of aryl methyl sites for hydroxylation is 1. The Hall–Kier alpha value is -0.510. The third kappa shape index (κ3) is 3.15. The number of hydrogen-bond donors (Lipinski definition) is 0. The smallest absolute Gasteiger partial charge is 0.123 e. The average molecular weight is 405 g/mol. The van der Waals surface area contributed by atoms with Crippen LogP contribution in [0.3, 0.4) is 0 Å². The van der Waals surface area contributed by atoms with E-state index >= 15 is 0 Å². The predicted molar refractivity (Wildman–Crippen MR) is 87.7 cm³/mol. The summed E-state index contributed by atoms with van der Waals surface area (Å²) in [6.07, 6.45) is 0. The zero-order chi connectivity index (χ0) is 14.0. The highest BCUT2D eigenvalue weighted by Crippen LogP contribution is 2.41. The van der Waals surface area contributed by atoms with Crippen LogP contribution in [0.2, 0.25) is 5.02 Å². The van der Waals surface area contributed by atoms with Gasteiger partial charge in [-0.25, -0.2) is 0 Å². The first-order valence-electron chi connectivity index (χ1n) is 5.77. The Kier molecular flexibility index (Phi) is 4.93. The molecule has 0 aliphatic carbocycles. The predicted octanol–water partition coefficient (Wildman–Crippen LogP) is 5.90. The summed E-state index contributed by atoms with van der Waals surface area (Å²) in [6.45, 7) is 2.07. The molecule has 0 saturated heterocycles. The summed E-state index contributed by atoms with van der Waals surface area (Å²) in [5, 5.41) is 0.698. The summed E-state index contributed by atoms with van der Waals surface area (Å²) in [4.78, 5) is 0.0235. The first kappa shape index (κ1) is 14.9. The van der Waals surface area contributed by atoms with Gasteiger partial charge in [0.1, 0.15) is 5.75 Å². The molecule has 0 radical (unpaired) electrons. The summed E-state index contributed by atoms with van der Waals surface area (Å²) in [7, 11) is 1.66. The van der Waals surface area contributed by atoms with E-state index < -0.39 is 0 Å². The van der Waals surface area contributed by atoms with Gasteiger partial charge in [-0.15, -0.1) is 0 Å². The van der Waals surface area contributed by atoms with E-state index in [0.29, 0.717) is 5.02 Å². The Bertz CT molecular complexity index is 599. The van der Waals surface area contributed by atoms with Crippen molar-refractivity contribution in [2.75, 3.05) is 7.11 Å². The van der Waals surface area contributed by atoms with E-state index in [1.165, 1.54) is 5.56 Å². The van der Waals surface area contributed by atoms with Gasteiger partial charge in [0.2, 0.25) is 0 Å². The largest absolute Gasteiger partial charge is 0.496 e. The average Bonchev–Trinajstić information content (AvgIpc) is 2.41. The maximum absolute atomic E-state index is 6.09. The number of methoxy groups -OCH3 is 1. The summed E-state index contributed by atoms with van der Waals surface area (Å²) >= 11 is 13.5. The van der Waals surface area contributed by atoms with Gasteiger partial charge in [-0.1, -0.05) is 61.7 Å². The lowest BCUT2D eigenvalue weighted by Crippen LogP contribution is -1.99. The molecule has 1 nitrogen and oxygen atoms in total. The van der Waals surface area contributed by atoms with Crippen LogP contribution in [0.1, 0.15) is 21.5 Å². The molecule has 2 aromatic carbocycles. The molecule has 2 rings (SSSR count). The Morgan fingerprint density at radius 3 is 2.58 bits per heavy atom. The van der Waals surface area contributed by atoms with E-state index in [0.717, 1.165) is 21.3 Å². The van der Waals surface area contributed by atoms with Crippen molar-refractivity contribution in [1.29, 1.82) is 0 Å². The van der Waals surface area contributed by atoms with Crippen LogP contribution >= 0.6 is 43.5 Å². The molecule has 0 aliphatic heterocycles. The lowest BCUT2D eigenvalue weighted by Gasteiger charge is -2.17. The highest BCUT2D eigenvalue weighted by Gasteiger charge is 2.18. The van der Waals surface area contributed by atoms with Gasteiger partial charge in [0, 0.05) is 15.1 Å². The number of alkyl halides is 1. The van der Waals surface area contributed by atoms with Gasteiger partial charge < -0.3 is 4.74 Å². The monoisotopic (exact) mass is 402 g/mol. The number of halogens is 3. The number of ether oxygens (including phenoxy) is 1. The molecule has 1 unspecified atom stereocenters. The van der Waals surface area contributed by atoms with E-state index in [9.17, 15) is 0 Å². The third-order valence-corrected chi connectivity index (χ3v) is 5.26. The van der Waals surface area contributed by atoms with E-state index in [1.54, 1.807) is 7.11 Å². The first-order chi connectivity index (χ1) is 9.04. The van der Waals surface area contributed by atoms with Crippen LogP contribution in [0.15, 0.2) is 40.9 Å². The molecular weight excluding hydrogens is 391 g/mol. The van der Waals surface area contributed by atoms with Crippen LogP contribution in [0.4, 0.5) is 0 Å². The van der Waals surface area contributed by atoms with E-state index in [4.69, 9.17) is 16.3 Å². The highest BCUT2D eigenvalue weighted by atomic mass is 79.9. The van der Waals surface area contributed by atoms with Gasteiger partial charge in [0.25, 0.3) is 0 Å². The highest BCUT2D eigenvalue weighted by molar-refractivity contribution is 9.11. The fraction of sp³-hybridized carbons (Fsp3) is 0.200. The third-order valence-electron chi connectivity index (χ3n) is 2.96. The Labute approximate surface area is 135 Å². The summed E-state index contributed by atoms with van der Waals surface area (Å²) < 4.78 is 6.51. The van der Waals surface area contributed by atoms with Crippen molar-refractivity contribution < 1.29 is 4.74 Å². The van der Waals surface area contributed by atoms with Crippen molar-refractivity contribution in [3.8, 4) is 5.75 Å². The van der Waals surface area contributed by atoms with Crippen LogP contribution in [0.5, 0.6) is 5.75 Å². The zero-order valence-electron chi connectivity index (χ0n) is 10.6. The molecule has 0 N–H and O–H groups in total. The topological polar surface area (TPSA) is 9.23 Å². The minimum Gasteiger partial charge on any atom is -0.496 e. The van der Waals surface area contributed by atoms with Crippen LogP contribution in [0, 0.1) is 6.92 Å². The summed E-state index contributed by atoms with van der Waals surface area (Å²) in [5.74, 6) is 0.819. The lowest BCUT2D eigenvalue weighted by molar-refractivity contribution is 0.410. The van der Waals surface area contributed by atoms with Gasteiger partial charge in [-0.05, 0) is 36.2 Å². The fourth-order valence-electron chi connectivity index (χ4n) is 1.94. The molecule has 4 heteroatoms. The van der Waals surface area contributed by atoms with Gasteiger partial charge in [0.05, 0.1) is 11.9 Å². The maximum atomic E-state index is 6.09. The molecule has 19 heavy (non-hydrogen) atoms. The number of benzene rings is 2. The van der Waals surface area contributed by atoms with E-state index in [1.807, 2.05) is 24.3 Å². The Morgan fingerprint density at radius 1 is 1.16 bits per heavy atom. The van der Waals surface area contributed by atoms with Gasteiger partial charge in [0.15, 0.2) is 0 Å². The molecule has 2 aromatic rings. The van der Waals surface area contributed by atoms with Gasteiger partial charge in [-0.2, -0.15) is 0 Å². The van der Waals surface area contributed by atoms with Gasteiger partial charge >= 0.3 is 0 Å². The first-order valence-corrected chi connectivity index (χ1v) is 7.85. The van der Waals surface area contributed by atoms with E-state index in [2.05, 4.69) is 50.9 Å². The second-order valence-electron chi connectivity index (χ2n) is 4.23. The molecule has 0 bridgehead atoms. The summed E-state index contributed by atoms with van der Waals surface area (Å²) in [5.41, 5.74) is 3.37. The molecule has 0 spiro atoms. The Morgan fingerprint density at radius 2 is 1.89 bits per heavy atom. The molecule has 0 amide bonds.